The summed E-state index contributed by atoms with van der Waals surface area (Å²) in [6, 6.07) is 5.79. The number of benzene rings is 1. The van der Waals surface area contributed by atoms with Crippen molar-refractivity contribution < 1.29 is 22.7 Å². The van der Waals surface area contributed by atoms with Crippen molar-refractivity contribution in [3.8, 4) is 5.75 Å². The van der Waals surface area contributed by atoms with Gasteiger partial charge in [0.25, 0.3) is 0 Å². The van der Waals surface area contributed by atoms with Crippen molar-refractivity contribution >= 4 is 5.91 Å². The number of hydrogen-bond acceptors (Lipinski definition) is 3. The zero-order chi connectivity index (χ0) is 15.6. The summed E-state index contributed by atoms with van der Waals surface area (Å²) in [4.78, 5) is 13.2. The van der Waals surface area contributed by atoms with E-state index in [1.165, 1.54) is 12.1 Å². The number of ether oxygens (including phenoxy) is 1. The zero-order valence-electron chi connectivity index (χ0n) is 11.6. The minimum Gasteiger partial charge on any atom is -0.406 e. The molecule has 2 N–H and O–H groups in total. The Morgan fingerprint density at radius 3 is 2.48 bits per heavy atom. The third-order valence-corrected chi connectivity index (χ3v) is 3.77. The minimum absolute atomic E-state index is 0.00860. The molecule has 1 fully saturated rings. The Hall–Kier alpha value is -1.76. The van der Waals surface area contributed by atoms with Crippen molar-refractivity contribution in [2.75, 3.05) is 13.1 Å². The first kappa shape index (κ1) is 15.6. The highest BCUT2D eigenvalue weighted by molar-refractivity contribution is 5.77. The van der Waals surface area contributed by atoms with Gasteiger partial charge in [0, 0.05) is 12.6 Å². The lowest BCUT2D eigenvalue weighted by atomic mass is 10.1. The fraction of sp³-hybridized carbons (Fsp3) is 0.500. The Morgan fingerprint density at radius 2 is 2.00 bits per heavy atom. The van der Waals surface area contributed by atoms with Gasteiger partial charge in [0.15, 0.2) is 0 Å². The first-order valence-electron chi connectivity index (χ1n) is 6.65. The molecule has 0 bridgehead atoms. The molecule has 2 rings (SSSR count). The Kier molecular flexibility index (Phi) is 4.41. The predicted octanol–water partition coefficient (Wildman–Crippen LogP) is 2.45. The summed E-state index contributed by atoms with van der Waals surface area (Å²) >= 11 is 0. The summed E-state index contributed by atoms with van der Waals surface area (Å²) in [5.41, 5.74) is 6.16. The van der Waals surface area contributed by atoms with E-state index in [-0.39, 0.29) is 23.6 Å². The van der Waals surface area contributed by atoms with E-state index in [1.54, 1.807) is 12.1 Å². The van der Waals surface area contributed by atoms with E-state index in [2.05, 4.69) is 9.64 Å². The predicted molar refractivity (Wildman–Crippen MR) is 70.4 cm³/mol. The number of primary amides is 1. The maximum Gasteiger partial charge on any atom is 0.573 e. The molecule has 1 heterocycles. The lowest BCUT2D eigenvalue weighted by molar-refractivity contribution is -0.274. The standard InChI is InChI=1S/C14H17F3N2O2/c1-9(19-7-6-11(8-19)13(18)20)10-2-4-12(5-3-10)21-14(15,16)17/h2-5,9,11H,6-8H2,1H3,(H2,18,20). The van der Waals surface area contributed by atoms with E-state index in [0.717, 1.165) is 18.5 Å². The molecule has 1 aromatic rings. The number of nitrogens with zero attached hydrogens (tertiary/aromatic N) is 1. The molecule has 116 valence electrons. The van der Waals surface area contributed by atoms with Gasteiger partial charge in [0.2, 0.25) is 5.91 Å². The molecule has 0 saturated carbocycles. The number of likely N-dealkylation sites (tertiary alicyclic amines) is 1. The number of alkyl halides is 3. The van der Waals surface area contributed by atoms with Crippen LogP contribution < -0.4 is 10.5 Å². The summed E-state index contributed by atoms with van der Waals surface area (Å²) in [6.07, 6.45) is -3.97. The Labute approximate surface area is 120 Å². The molecule has 0 spiro atoms. The summed E-state index contributed by atoms with van der Waals surface area (Å²) in [7, 11) is 0. The average molecular weight is 302 g/mol. The van der Waals surface area contributed by atoms with Gasteiger partial charge in [-0.2, -0.15) is 0 Å². The van der Waals surface area contributed by atoms with Crippen LogP contribution in [0.1, 0.15) is 24.9 Å². The number of amides is 1. The van der Waals surface area contributed by atoms with Crippen LogP contribution >= 0.6 is 0 Å². The number of carbonyl (C=O) groups is 1. The van der Waals surface area contributed by atoms with Gasteiger partial charge in [-0.25, -0.2) is 0 Å². The SMILES string of the molecule is CC(c1ccc(OC(F)(F)F)cc1)N1CCC(C(N)=O)C1. The van der Waals surface area contributed by atoms with Crippen LogP contribution in [0.4, 0.5) is 13.2 Å². The Morgan fingerprint density at radius 1 is 1.38 bits per heavy atom. The van der Waals surface area contributed by atoms with Crippen LogP contribution in [0.15, 0.2) is 24.3 Å². The molecular formula is C14H17F3N2O2. The van der Waals surface area contributed by atoms with Crippen LogP contribution in [0.5, 0.6) is 5.75 Å². The van der Waals surface area contributed by atoms with Gasteiger partial charge < -0.3 is 10.5 Å². The van der Waals surface area contributed by atoms with Gasteiger partial charge in [-0.3, -0.25) is 9.69 Å². The normalized spacial score (nSPS) is 21.2. The molecule has 21 heavy (non-hydrogen) atoms. The zero-order valence-corrected chi connectivity index (χ0v) is 11.6. The van der Waals surface area contributed by atoms with Gasteiger partial charge in [0.1, 0.15) is 5.75 Å². The van der Waals surface area contributed by atoms with Crippen molar-refractivity contribution in [2.45, 2.75) is 25.7 Å². The third-order valence-electron chi connectivity index (χ3n) is 3.77. The van der Waals surface area contributed by atoms with Gasteiger partial charge in [-0.05, 0) is 37.6 Å². The molecule has 4 nitrogen and oxygen atoms in total. The van der Waals surface area contributed by atoms with E-state index in [0.29, 0.717) is 6.54 Å². The fourth-order valence-corrected chi connectivity index (χ4v) is 2.53. The summed E-state index contributed by atoms with van der Waals surface area (Å²) in [5, 5.41) is 0. The molecule has 1 aliphatic rings. The Bertz CT molecular complexity index is 502. The molecule has 1 saturated heterocycles. The maximum absolute atomic E-state index is 12.1. The largest absolute Gasteiger partial charge is 0.573 e. The maximum atomic E-state index is 12.1. The van der Waals surface area contributed by atoms with E-state index < -0.39 is 6.36 Å². The van der Waals surface area contributed by atoms with Crippen LogP contribution in [0, 0.1) is 5.92 Å². The smallest absolute Gasteiger partial charge is 0.406 e. The second-order valence-electron chi connectivity index (χ2n) is 5.18. The van der Waals surface area contributed by atoms with E-state index >= 15 is 0 Å². The molecular weight excluding hydrogens is 285 g/mol. The van der Waals surface area contributed by atoms with Gasteiger partial charge in [0.05, 0.1) is 5.92 Å². The van der Waals surface area contributed by atoms with Crippen LogP contribution in [-0.2, 0) is 4.79 Å². The highest BCUT2D eigenvalue weighted by Crippen LogP contribution is 2.29. The monoisotopic (exact) mass is 302 g/mol. The molecule has 0 aliphatic carbocycles. The summed E-state index contributed by atoms with van der Waals surface area (Å²) in [5.74, 6) is -0.700. The molecule has 7 heteroatoms. The minimum atomic E-state index is -4.68. The lowest BCUT2D eigenvalue weighted by Crippen LogP contribution is -2.29. The van der Waals surface area contributed by atoms with Gasteiger partial charge in [-0.1, -0.05) is 12.1 Å². The van der Waals surface area contributed by atoms with E-state index in [9.17, 15) is 18.0 Å². The number of rotatable bonds is 4. The second-order valence-corrected chi connectivity index (χ2v) is 5.18. The van der Waals surface area contributed by atoms with Crippen molar-refractivity contribution in [1.82, 2.24) is 4.90 Å². The number of hydrogen-bond donors (Lipinski definition) is 1. The second kappa shape index (κ2) is 5.93. The molecule has 0 aromatic heterocycles. The Balaban J connectivity index is 2.00. The quantitative estimate of drug-likeness (QED) is 0.929. The highest BCUT2D eigenvalue weighted by Gasteiger charge is 2.32. The lowest BCUT2D eigenvalue weighted by Gasteiger charge is -2.24. The number of nitrogens with two attached hydrogens (primary N) is 1. The van der Waals surface area contributed by atoms with Crippen molar-refractivity contribution in [3.05, 3.63) is 29.8 Å². The summed E-state index contributed by atoms with van der Waals surface area (Å²) in [6.45, 7) is 3.27. The van der Waals surface area contributed by atoms with E-state index in [4.69, 9.17) is 5.73 Å². The van der Waals surface area contributed by atoms with Gasteiger partial charge in [-0.15, -0.1) is 13.2 Å². The third kappa shape index (κ3) is 4.10. The first-order chi connectivity index (χ1) is 9.76. The topological polar surface area (TPSA) is 55.6 Å². The molecule has 2 atom stereocenters. The first-order valence-corrected chi connectivity index (χ1v) is 6.65. The van der Waals surface area contributed by atoms with E-state index in [1.807, 2.05) is 6.92 Å². The number of carbonyl (C=O) groups excluding carboxylic acids is 1. The van der Waals surface area contributed by atoms with Crippen LogP contribution in [-0.4, -0.2) is 30.3 Å². The molecule has 2 unspecified atom stereocenters. The molecule has 1 aliphatic heterocycles. The van der Waals surface area contributed by atoms with Crippen molar-refractivity contribution in [2.24, 2.45) is 11.7 Å². The van der Waals surface area contributed by atoms with Crippen molar-refractivity contribution in [1.29, 1.82) is 0 Å². The highest BCUT2D eigenvalue weighted by atomic mass is 19.4. The number of halogens is 3. The summed E-state index contributed by atoms with van der Waals surface area (Å²) < 4.78 is 40.1. The van der Waals surface area contributed by atoms with Gasteiger partial charge >= 0.3 is 6.36 Å². The van der Waals surface area contributed by atoms with Crippen molar-refractivity contribution in [3.63, 3.8) is 0 Å². The molecule has 0 radical (unpaired) electrons. The molecule has 1 aromatic carbocycles. The average Bonchev–Trinajstić information content (AvgIpc) is 2.86. The fourth-order valence-electron chi connectivity index (χ4n) is 2.53. The molecule has 1 amide bonds. The van der Waals surface area contributed by atoms with Crippen LogP contribution in [0.3, 0.4) is 0 Å². The van der Waals surface area contributed by atoms with Crippen LogP contribution in [0.2, 0.25) is 0 Å². The van der Waals surface area contributed by atoms with Crippen LogP contribution in [0.25, 0.3) is 0 Å².